The van der Waals surface area contributed by atoms with Crippen molar-refractivity contribution in [2.24, 2.45) is 0 Å². The van der Waals surface area contributed by atoms with Crippen LogP contribution in [-0.2, 0) is 11.3 Å². The number of nitro groups is 1. The first-order valence-electron chi connectivity index (χ1n) is 5.63. The van der Waals surface area contributed by atoms with E-state index in [1.54, 1.807) is 11.3 Å². The zero-order valence-electron chi connectivity index (χ0n) is 10.6. The van der Waals surface area contributed by atoms with E-state index in [9.17, 15) is 14.9 Å². The summed E-state index contributed by atoms with van der Waals surface area (Å²) < 4.78 is 10.0. The fourth-order valence-electron chi connectivity index (χ4n) is 1.59. The fourth-order valence-corrected chi connectivity index (χ4v) is 2.20. The lowest BCUT2D eigenvalue weighted by Gasteiger charge is -2.07. The maximum atomic E-state index is 11.5. The molecule has 0 unspecified atom stereocenters. The highest BCUT2D eigenvalue weighted by Crippen LogP contribution is 2.25. The fraction of sp³-hybridized carbons (Fsp3) is 0.154. The third kappa shape index (κ3) is 3.12. The van der Waals surface area contributed by atoms with Crippen molar-refractivity contribution in [1.29, 1.82) is 0 Å². The maximum absolute atomic E-state index is 11.5. The van der Waals surface area contributed by atoms with Gasteiger partial charge in [0, 0.05) is 17.0 Å². The molecule has 0 radical (unpaired) electrons. The lowest BCUT2D eigenvalue weighted by atomic mass is 10.1. The molecule has 0 aliphatic rings. The topological polar surface area (TPSA) is 78.7 Å². The molecule has 0 spiro atoms. The van der Waals surface area contributed by atoms with Crippen molar-refractivity contribution < 1.29 is 19.2 Å². The van der Waals surface area contributed by atoms with Gasteiger partial charge in [0.25, 0.3) is 5.69 Å². The van der Waals surface area contributed by atoms with E-state index in [0.717, 1.165) is 4.88 Å². The Labute approximate surface area is 118 Å². The van der Waals surface area contributed by atoms with Crippen molar-refractivity contribution in [3.05, 3.63) is 56.3 Å². The number of hydrogen-bond donors (Lipinski definition) is 0. The summed E-state index contributed by atoms with van der Waals surface area (Å²) in [6.07, 6.45) is 0. The van der Waals surface area contributed by atoms with Gasteiger partial charge in [0.15, 0.2) is 0 Å². The third-order valence-electron chi connectivity index (χ3n) is 2.53. The molecule has 0 atom stereocenters. The molecule has 104 valence electrons. The van der Waals surface area contributed by atoms with Gasteiger partial charge in [-0.05, 0) is 17.5 Å². The lowest BCUT2D eigenvalue weighted by Crippen LogP contribution is -2.06. The second-order valence-corrected chi connectivity index (χ2v) is 4.83. The van der Waals surface area contributed by atoms with E-state index in [2.05, 4.69) is 4.74 Å². The number of benzene rings is 1. The summed E-state index contributed by atoms with van der Waals surface area (Å²) in [7, 11) is 1.17. The Morgan fingerprint density at radius 3 is 2.80 bits per heavy atom. The highest BCUT2D eigenvalue weighted by molar-refractivity contribution is 7.09. The van der Waals surface area contributed by atoms with Crippen LogP contribution in [0.2, 0.25) is 0 Å². The second-order valence-electron chi connectivity index (χ2n) is 3.80. The number of ether oxygens (including phenoxy) is 2. The van der Waals surface area contributed by atoms with Crippen molar-refractivity contribution in [3.63, 3.8) is 0 Å². The van der Waals surface area contributed by atoms with Gasteiger partial charge in [-0.2, -0.15) is 0 Å². The standard InChI is InChI=1S/C13H11NO5S/c1-18-13(15)11-7-9(4-5-12(11)14(16)17)19-8-10-3-2-6-20-10/h2-7H,8H2,1H3. The van der Waals surface area contributed by atoms with Crippen LogP contribution in [0.15, 0.2) is 35.7 Å². The highest BCUT2D eigenvalue weighted by atomic mass is 32.1. The molecule has 0 saturated heterocycles. The number of hydrogen-bond acceptors (Lipinski definition) is 6. The number of esters is 1. The lowest BCUT2D eigenvalue weighted by molar-refractivity contribution is -0.385. The molecule has 1 heterocycles. The average molecular weight is 293 g/mol. The number of carbonyl (C=O) groups excluding carboxylic acids is 1. The number of thiophene rings is 1. The van der Waals surface area contributed by atoms with Crippen LogP contribution in [0, 0.1) is 10.1 Å². The van der Waals surface area contributed by atoms with Crippen molar-refractivity contribution in [1.82, 2.24) is 0 Å². The molecular weight excluding hydrogens is 282 g/mol. The smallest absolute Gasteiger partial charge is 0.345 e. The van der Waals surface area contributed by atoms with E-state index in [1.807, 2.05) is 17.5 Å². The first-order chi connectivity index (χ1) is 9.61. The SMILES string of the molecule is COC(=O)c1cc(OCc2cccs2)ccc1[N+](=O)[O-]. The van der Waals surface area contributed by atoms with Gasteiger partial charge in [-0.3, -0.25) is 10.1 Å². The Morgan fingerprint density at radius 2 is 2.20 bits per heavy atom. The summed E-state index contributed by atoms with van der Waals surface area (Å²) in [6, 6.07) is 7.82. The quantitative estimate of drug-likeness (QED) is 0.481. The zero-order chi connectivity index (χ0) is 14.5. The molecule has 0 amide bonds. The van der Waals surface area contributed by atoms with E-state index in [0.29, 0.717) is 12.4 Å². The van der Waals surface area contributed by atoms with E-state index < -0.39 is 10.9 Å². The number of nitrogens with zero attached hydrogens (tertiary/aromatic N) is 1. The Kier molecular flexibility index (Phi) is 4.31. The predicted octanol–water partition coefficient (Wildman–Crippen LogP) is 3.02. The van der Waals surface area contributed by atoms with Crippen molar-refractivity contribution in [3.8, 4) is 5.75 Å². The van der Waals surface area contributed by atoms with Gasteiger partial charge in [-0.15, -0.1) is 11.3 Å². The summed E-state index contributed by atoms with van der Waals surface area (Å²) in [5.74, 6) is -0.386. The van der Waals surface area contributed by atoms with Gasteiger partial charge < -0.3 is 9.47 Å². The number of methoxy groups -OCH3 is 1. The van der Waals surface area contributed by atoms with Gasteiger partial charge in [-0.25, -0.2) is 4.79 Å². The monoisotopic (exact) mass is 293 g/mol. The number of rotatable bonds is 5. The summed E-state index contributed by atoms with van der Waals surface area (Å²) >= 11 is 1.54. The normalized spacial score (nSPS) is 10.1. The average Bonchev–Trinajstić information content (AvgIpc) is 2.97. The molecule has 20 heavy (non-hydrogen) atoms. The van der Waals surface area contributed by atoms with Gasteiger partial charge in [0.05, 0.1) is 12.0 Å². The Morgan fingerprint density at radius 1 is 1.40 bits per heavy atom. The first kappa shape index (κ1) is 14.0. The Bertz CT molecular complexity index is 624. The molecular formula is C13H11NO5S. The summed E-state index contributed by atoms with van der Waals surface area (Å²) in [6.45, 7) is 0.343. The molecule has 0 fully saturated rings. The van der Waals surface area contributed by atoms with Gasteiger partial charge in [0.1, 0.15) is 17.9 Å². The minimum atomic E-state index is -0.765. The van der Waals surface area contributed by atoms with Crippen LogP contribution in [-0.4, -0.2) is 18.0 Å². The molecule has 2 aromatic rings. The Balaban J connectivity index is 2.22. The molecule has 0 saturated carbocycles. The van der Waals surface area contributed by atoms with Gasteiger partial charge in [-0.1, -0.05) is 6.07 Å². The number of nitro benzene ring substituents is 1. The molecule has 0 bridgehead atoms. The molecule has 0 aliphatic carbocycles. The van der Waals surface area contributed by atoms with Crippen LogP contribution >= 0.6 is 11.3 Å². The van der Waals surface area contributed by atoms with Crippen LogP contribution in [0.25, 0.3) is 0 Å². The summed E-state index contributed by atoms with van der Waals surface area (Å²) in [5.41, 5.74) is -0.429. The largest absolute Gasteiger partial charge is 0.488 e. The number of carbonyl (C=O) groups is 1. The maximum Gasteiger partial charge on any atom is 0.345 e. The zero-order valence-corrected chi connectivity index (χ0v) is 11.4. The van der Waals surface area contributed by atoms with Crippen molar-refractivity contribution in [2.45, 2.75) is 6.61 Å². The van der Waals surface area contributed by atoms with E-state index in [1.165, 1.54) is 25.3 Å². The van der Waals surface area contributed by atoms with Gasteiger partial charge >= 0.3 is 5.97 Å². The molecule has 1 aromatic carbocycles. The van der Waals surface area contributed by atoms with Crippen LogP contribution in [0.3, 0.4) is 0 Å². The van der Waals surface area contributed by atoms with Gasteiger partial charge in [0.2, 0.25) is 0 Å². The van der Waals surface area contributed by atoms with E-state index in [4.69, 9.17) is 4.74 Å². The summed E-state index contributed by atoms with van der Waals surface area (Å²) in [5, 5.41) is 12.8. The summed E-state index contributed by atoms with van der Waals surface area (Å²) in [4.78, 5) is 22.8. The highest BCUT2D eigenvalue weighted by Gasteiger charge is 2.21. The second kappa shape index (κ2) is 6.16. The molecule has 1 aromatic heterocycles. The van der Waals surface area contributed by atoms with Crippen LogP contribution in [0.5, 0.6) is 5.75 Å². The molecule has 6 nitrogen and oxygen atoms in total. The molecule has 7 heteroatoms. The van der Waals surface area contributed by atoms with E-state index in [-0.39, 0.29) is 11.3 Å². The minimum Gasteiger partial charge on any atom is -0.488 e. The molecule has 0 aliphatic heterocycles. The van der Waals surface area contributed by atoms with Crippen LogP contribution in [0.1, 0.15) is 15.2 Å². The van der Waals surface area contributed by atoms with E-state index >= 15 is 0 Å². The minimum absolute atomic E-state index is 0.124. The Hall–Kier alpha value is -2.41. The van der Waals surface area contributed by atoms with Crippen molar-refractivity contribution >= 4 is 23.0 Å². The van der Waals surface area contributed by atoms with Crippen LogP contribution < -0.4 is 4.74 Å². The molecule has 0 N–H and O–H groups in total. The first-order valence-corrected chi connectivity index (χ1v) is 6.51. The predicted molar refractivity (Wildman–Crippen MR) is 73.1 cm³/mol. The third-order valence-corrected chi connectivity index (χ3v) is 3.38. The molecule has 2 rings (SSSR count). The van der Waals surface area contributed by atoms with Crippen LogP contribution in [0.4, 0.5) is 5.69 Å². The van der Waals surface area contributed by atoms with Crippen molar-refractivity contribution in [2.75, 3.05) is 7.11 Å².